The van der Waals surface area contributed by atoms with E-state index < -0.39 is 10.0 Å². The molecular formula is C17H24N2O4S. The molecule has 132 valence electrons. The van der Waals surface area contributed by atoms with E-state index in [2.05, 4.69) is 5.32 Å². The van der Waals surface area contributed by atoms with E-state index in [1.54, 1.807) is 12.1 Å². The van der Waals surface area contributed by atoms with E-state index in [-0.39, 0.29) is 16.7 Å². The second kappa shape index (κ2) is 6.72. The minimum atomic E-state index is -3.61. The van der Waals surface area contributed by atoms with Crippen molar-refractivity contribution in [3.63, 3.8) is 0 Å². The van der Waals surface area contributed by atoms with E-state index in [1.165, 1.54) is 10.4 Å². The SMILES string of the molecule is CCOc1ccc(NC(=O)C2CC2C)cc1S(=O)(=O)N1CCCC1. The number of nitrogens with zero attached hydrogens (tertiary/aromatic N) is 1. The smallest absolute Gasteiger partial charge is 0.246 e. The highest BCUT2D eigenvalue weighted by Gasteiger charge is 2.39. The Labute approximate surface area is 143 Å². The molecule has 0 bridgehead atoms. The highest BCUT2D eigenvalue weighted by atomic mass is 32.2. The molecule has 1 heterocycles. The number of benzene rings is 1. The van der Waals surface area contributed by atoms with Crippen molar-refractivity contribution in [2.45, 2.75) is 38.0 Å². The van der Waals surface area contributed by atoms with Crippen molar-refractivity contribution < 1.29 is 17.9 Å². The van der Waals surface area contributed by atoms with Crippen LogP contribution in [0.5, 0.6) is 5.75 Å². The topological polar surface area (TPSA) is 75.7 Å². The summed E-state index contributed by atoms with van der Waals surface area (Å²) in [5.41, 5.74) is 0.500. The van der Waals surface area contributed by atoms with Crippen molar-refractivity contribution in [2.75, 3.05) is 25.0 Å². The number of nitrogens with one attached hydrogen (secondary N) is 1. The molecule has 1 saturated carbocycles. The lowest BCUT2D eigenvalue weighted by Gasteiger charge is -2.19. The number of hydrogen-bond acceptors (Lipinski definition) is 4. The summed E-state index contributed by atoms with van der Waals surface area (Å²) in [5, 5.41) is 2.83. The van der Waals surface area contributed by atoms with Crippen molar-refractivity contribution in [1.29, 1.82) is 0 Å². The van der Waals surface area contributed by atoms with E-state index in [9.17, 15) is 13.2 Å². The van der Waals surface area contributed by atoms with Crippen molar-refractivity contribution >= 4 is 21.6 Å². The van der Waals surface area contributed by atoms with E-state index in [0.29, 0.717) is 37.1 Å². The Morgan fingerprint density at radius 3 is 2.58 bits per heavy atom. The molecule has 1 saturated heterocycles. The number of sulfonamides is 1. The van der Waals surface area contributed by atoms with Crippen LogP contribution < -0.4 is 10.1 Å². The van der Waals surface area contributed by atoms with Crippen LogP contribution in [0, 0.1) is 11.8 Å². The number of carbonyl (C=O) groups excluding carboxylic acids is 1. The molecule has 2 unspecified atom stereocenters. The predicted molar refractivity (Wildman–Crippen MR) is 91.5 cm³/mol. The van der Waals surface area contributed by atoms with Crippen LogP contribution in [0.4, 0.5) is 5.69 Å². The number of anilines is 1. The summed E-state index contributed by atoms with van der Waals surface area (Å²) in [7, 11) is -3.61. The van der Waals surface area contributed by atoms with Crippen LogP contribution in [-0.2, 0) is 14.8 Å². The molecule has 0 radical (unpaired) electrons. The maximum atomic E-state index is 12.9. The molecule has 6 nitrogen and oxygen atoms in total. The standard InChI is InChI=1S/C17H24N2O4S/c1-3-23-15-7-6-13(18-17(20)14-10-12(14)2)11-16(15)24(21,22)19-8-4-5-9-19/h6-7,11-12,14H,3-5,8-10H2,1-2H3,(H,18,20). The van der Waals surface area contributed by atoms with Gasteiger partial charge in [0.1, 0.15) is 10.6 Å². The molecule has 24 heavy (non-hydrogen) atoms. The maximum absolute atomic E-state index is 12.9. The van der Waals surface area contributed by atoms with Crippen molar-refractivity contribution in [3.8, 4) is 5.75 Å². The van der Waals surface area contributed by atoms with Crippen molar-refractivity contribution in [1.82, 2.24) is 4.31 Å². The van der Waals surface area contributed by atoms with Crippen LogP contribution in [0.3, 0.4) is 0 Å². The number of amides is 1. The van der Waals surface area contributed by atoms with Crippen LogP contribution in [0.2, 0.25) is 0 Å². The Morgan fingerprint density at radius 2 is 2.00 bits per heavy atom. The minimum absolute atomic E-state index is 0.0372. The average Bonchev–Trinajstić information content (AvgIpc) is 3.04. The molecule has 7 heteroatoms. The number of rotatable bonds is 6. The fraction of sp³-hybridized carbons (Fsp3) is 0.588. The molecule has 1 N–H and O–H groups in total. The molecule has 1 aromatic carbocycles. The molecule has 1 amide bonds. The Bertz CT molecular complexity index is 726. The van der Waals surface area contributed by atoms with Gasteiger partial charge in [0, 0.05) is 24.7 Å². The van der Waals surface area contributed by atoms with Crippen LogP contribution in [-0.4, -0.2) is 38.3 Å². The summed E-state index contributed by atoms with van der Waals surface area (Å²) in [6.07, 6.45) is 2.64. The third-order valence-corrected chi connectivity index (χ3v) is 6.56. The largest absolute Gasteiger partial charge is 0.492 e. The fourth-order valence-corrected chi connectivity index (χ4v) is 4.73. The molecule has 2 atom stereocenters. The zero-order chi connectivity index (χ0) is 17.3. The molecule has 0 aromatic heterocycles. The van der Waals surface area contributed by atoms with Crippen molar-refractivity contribution in [2.24, 2.45) is 11.8 Å². The van der Waals surface area contributed by atoms with Gasteiger partial charge >= 0.3 is 0 Å². The van der Waals surface area contributed by atoms with Crippen LogP contribution >= 0.6 is 0 Å². The second-order valence-corrected chi connectivity index (χ2v) is 8.42. The molecule has 2 fully saturated rings. The molecule has 3 rings (SSSR count). The van der Waals surface area contributed by atoms with Gasteiger partial charge in [-0.1, -0.05) is 6.92 Å². The highest BCUT2D eigenvalue weighted by Crippen LogP contribution is 2.39. The Hall–Kier alpha value is -1.60. The summed E-state index contributed by atoms with van der Waals surface area (Å²) in [6, 6.07) is 4.83. The fourth-order valence-electron chi connectivity index (χ4n) is 3.05. The van der Waals surface area contributed by atoms with Gasteiger partial charge in [-0.25, -0.2) is 8.42 Å². The summed E-state index contributed by atoms with van der Waals surface area (Å²) < 4.78 is 32.8. The maximum Gasteiger partial charge on any atom is 0.246 e. The van der Waals surface area contributed by atoms with E-state index >= 15 is 0 Å². The van der Waals surface area contributed by atoms with E-state index in [1.807, 2.05) is 13.8 Å². The zero-order valence-electron chi connectivity index (χ0n) is 14.1. The Kier molecular flexibility index (Phi) is 4.83. The number of carbonyl (C=O) groups is 1. The first-order valence-corrected chi connectivity index (χ1v) is 9.95. The Balaban J connectivity index is 1.89. The summed E-state index contributed by atoms with van der Waals surface area (Å²) >= 11 is 0. The molecular weight excluding hydrogens is 328 g/mol. The van der Waals surface area contributed by atoms with Gasteiger partial charge in [-0.15, -0.1) is 0 Å². The molecule has 2 aliphatic rings. The molecule has 1 aliphatic carbocycles. The van der Waals surface area contributed by atoms with Gasteiger partial charge in [-0.2, -0.15) is 4.31 Å². The lowest BCUT2D eigenvalue weighted by atomic mass is 10.2. The van der Waals surface area contributed by atoms with Crippen LogP contribution in [0.1, 0.15) is 33.1 Å². The zero-order valence-corrected chi connectivity index (χ0v) is 14.9. The first-order valence-electron chi connectivity index (χ1n) is 8.51. The van der Waals surface area contributed by atoms with Gasteiger partial charge in [0.2, 0.25) is 15.9 Å². The first kappa shape index (κ1) is 17.2. The highest BCUT2D eigenvalue weighted by molar-refractivity contribution is 7.89. The molecule has 0 spiro atoms. The van der Waals surface area contributed by atoms with Gasteiger partial charge < -0.3 is 10.1 Å². The normalized spacial score (nSPS) is 23.9. The van der Waals surface area contributed by atoms with Gasteiger partial charge in [0.25, 0.3) is 0 Å². The quantitative estimate of drug-likeness (QED) is 0.853. The monoisotopic (exact) mass is 352 g/mol. The van der Waals surface area contributed by atoms with Gasteiger partial charge in [0.15, 0.2) is 0 Å². The third-order valence-electron chi connectivity index (χ3n) is 4.64. The van der Waals surface area contributed by atoms with E-state index in [4.69, 9.17) is 4.74 Å². The second-order valence-electron chi connectivity index (χ2n) is 6.51. The van der Waals surface area contributed by atoms with Crippen LogP contribution in [0.25, 0.3) is 0 Å². The van der Waals surface area contributed by atoms with E-state index in [0.717, 1.165) is 19.3 Å². The minimum Gasteiger partial charge on any atom is -0.492 e. The average molecular weight is 352 g/mol. The van der Waals surface area contributed by atoms with Crippen LogP contribution in [0.15, 0.2) is 23.1 Å². The summed E-state index contributed by atoms with van der Waals surface area (Å²) in [4.78, 5) is 12.2. The first-order chi connectivity index (χ1) is 11.4. The molecule has 1 aliphatic heterocycles. The van der Waals surface area contributed by atoms with Crippen molar-refractivity contribution in [3.05, 3.63) is 18.2 Å². The predicted octanol–water partition coefficient (Wildman–Crippen LogP) is 2.46. The third kappa shape index (κ3) is 3.42. The van der Waals surface area contributed by atoms with Gasteiger partial charge in [0.05, 0.1) is 6.61 Å². The molecule has 1 aromatic rings. The van der Waals surface area contributed by atoms with Gasteiger partial charge in [-0.3, -0.25) is 4.79 Å². The Morgan fingerprint density at radius 1 is 1.33 bits per heavy atom. The summed E-state index contributed by atoms with van der Waals surface area (Å²) in [6.45, 7) is 5.30. The lowest BCUT2D eigenvalue weighted by Crippen LogP contribution is -2.28. The summed E-state index contributed by atoms with van der Waals surface area (Å²) in [5.74, 6) is 0.731. The number of ether oxygens (including phenoxy) is 1. The lowest BCUT2D eigenvalue weighted by molar-refractivity contribution is -0.117. The number of hydrogen-bond donors (Lipinski definition) is 1. The van der Waals surface area contributed by atoms with Gasteiger partial charge in [-0.05, 0) is 50.3 Å².